The maximum atomic E-state index is 11.2. The van der Waals surface area contributed by atoms with Gasteiger partial charge in [-0.3, -0.25) is 14.9 Å². The number of hydrogen-bond acceptors (Lipinski definition) is 4. The maximum absolute atomic E-state index is 11.2. The minimum atomic E-state index is -0.528. The third-order valence-electron chi connectivity index (χ3n) is 2.04. The SMILES string of the molecule is CCNC(=O)COc1ccc(C)cc1[N+](=O)[O-]. The van der Waals surface area contributed by atoms with Gasteiger partial charge in [0, 0.05) is 12.6 Å². The van der Waals surface area contributed by atoms with E-state index >= 15 is 0 Å². The van der Waals surface area contributed by atoms with Crippen molar-refractivity contribution < 1.29 is 14.5 Å². The summed E-state index contributed by atoms with van der Waals surface area (Å²) in [6.45, 7) is 3.81. The summed E-state index contributed by atoms with van der Waals surface area (Å²) in [6, 6.07) is 4.60. The smallest absolute Gasteiger partial charge is 0.311 e. The molecule has 0 aliphatic carbocycles. The number of nitro benzene ring substituents is 1. The Morgan fingerprint density at radius 1 is 1.53 bits per heavy atom. The third-order valence-corrected chi connectivity index (χ3v) is 2.04. The molecule has 0 unspecified atom stereocenters. The van der Waals surface area contributed by atoms with Crippen LogP contribution >= 0.6 is 0 Å². The lowest BCUT2D eigenvalue weighted by molar-refractivity contribution is -0.385. The van der Waals surface area contributed by atoms with Gasteiger partial charge in [0.05, 0.1) is 4.92 Å². The van der Waals surface area contributed by atoms with Crippen LogP contribution in [0.3, 0.4) is 0 Å². The van der Waals surface area contributed by atoms with Gasteiger partial charge in [0.25, 0.3) is 5.91 Å². The zero-order valence-corrected chi connectivity index (χ0v) is 9.73. The van der Waals surface area contributed by atoms with Crippen LogP contribution in [0.15, 0.2) is 18.2 Å². The third kappa shape index (κ3) is 3.75. The molecule has 1 rings (SSSR count). The van der Waals surface area contributed by atoms with E-state index < -0.39 is 4.92 Å². The average Bonchev–Trinajstić information content (AvgIpc) is 2.27. The van der Waals surface area contributed by atoms with Crippen LogP contribution in [0.1, 0.15) is 12.5 Å². The van der Waals surface area contributed by atoms with E-state index in [2.05, 4.69) is 5.32 Å². The number of aryl methyl sites for hydroxylation is 1. The molecule has 92 valence electrons. The molecule has 0 heterocycles. The molecule has 0 spiro atoms. The maximum Gasteiger partial charge on any atom is 0.311 e. The van der Waals surface area contributed by atoms with Crippen molar-refractivity contribution in [2.24, 2.45) is 0 Å². The van der Waals surface area contributed by atoms with Crippen molar-refractivity contribution in [2.45, 2.75) is 13.8 Å². The van der Waals surface area contributed by atoms with Gasteiger partial charge in [0.15, 0.2) is 12.4 Å². The van der Waals surface area contributed by atoms with E-state index in [1.807, 2.05) is 0 Å². The van der Waals surface area contributed by atoms with Gasteiger partial charge in [-0.1, -0.05) is 6.07 Å². The standard InChI is InChI=1S/C11H14N2O4/c1-3-12-11(14)7-17-10-5-4-8(2)6-9(10)13(15)16/h4-6H,3,7H2,1-2H3,(H,12,14). The fraction of sp³-hybridized carbons (Fsp3) is 0.364. The molecule has 0 fully saturated rings. The van der Waals surface area contributed by atoms with Gasteiger partial charge in [-0.25, -0.2) is 0 Å². The average molecular weight is 238 g/mol. The Morgan fingerprint density at radius 3 is 2.82 bits per heavy atom. The van der Waals surface area contributed by atoms with Crippen molar-refractivity contribution >= 4 is 11.6 Å². The highest BCUT2D eigenvalue weighted by molar-refractivity contribution is 5.77. The molecule has 0 aliphatic rings. The highest BCUT2D eigenvalue weighted by atomic mass is 16.6. The first-order valence-corrected chi connectivity index (χ1v) is 5.19. The van der Waals surface area contributed by atoms with Crippen molar-refractivity contribution in [3.63, 3.8) is 0 Å². The number of likely N-dealkylation sites (N-methyl/N-ethyl adjacent to an activating group) is 1. The molecule has 17 heavy (non-hydrogen) atoms. The van der Waals surface area contributed by atoms with E-state index in [-0.39, 0.29) is 24.0 Å². The quantitative estimate of drug-likeness (QED) is 0.621. The van der Waals surface area contributed by atoms with Crippen LogP contribution in [-0.2, 0) is 4.79 Å². The van der Waals surface area contributed by atoms with Gasteiger partial charge in [-0.05, 0) is 25.5 Å². The molecular formula is C11H14N2O4. The summed E-state index contributed by atoms with van der Waals surface area (Å²) in [5.74, 6) is -0.200. The lowest BCUT2D eigenvalue weighted by Crippen LogP contribution is -2.28. The number of nitro groups is 1. The van der Waals surface area contributed by atoms with Gasteiger partial charge in [0.2, 0.25) is 0 Å². The fourth-order valence-electron chi connectivity index (χ4n) is 1.28. The van der Waals surface area contributed by atoms with Gasteiger partial charge in [-0.15, -0.1) is 0 Å². The van der Waals surface area contributed by atoms with Crippen LogP contribution < -0.4 is 10.1 Å². The Bertz CT molecular complexity index is 431. The number of hydrogen-bond donors (Lipinski definition) is 1. The summed E-state index contributed by atoms with van der Waals surface area (Å²) in [5, 5.41) is 13.3. The van der Waals surface area contributed by atoms with Gasteiger partial charge >= 0.3 is 5.69 Å². The van der Waals surface area contributed by atoms with E-state index in [1.54, 1.807) is 19.9 Å². The minimum absolute atomic E-state index is 0.104. The first-order chi connectivity index (χ1) is 8.04. The summed E-state index contributed by atoms with van der Waals surface area (Å²) < 4.78 is 5.11. The first kappa shape index (κ1) is 13.0. The molecule has 0 atom stereocenters. The fourth-order valence-corrected chi connectivity index (χ4v) is 1.28. The van der Waals surface area contributed by atoms with E-state index in [1.165, 1.54) is 12.1 Å². The van der Waals surface area contributed by atoms with E-state index in [4.69, 9.17) is 4.74 Å². The molecule has 0 aromatic heterocycles. The molecule has 0 radical (unpaired) electrons. The Morgan fingerprint density at radius 2 is 2.24 bits per heavy atom. The molecule has 0 bridgehead atoms. The molecular weight excluding hydrogens is 224 g/mol. The second kappa shape index (κ2) is 5.83. The summed E-state index contributed by atoms with van der Waals surface area (Å²) in [5.41, 5.74) is 0.636. The van der Waals surface area contributed by atoms with Gasteiger partial charge < -0.3 is 10.1 Å². The van der Waals surface area contributed by atoms with E-state index in [9.17, 15) is 14.9 Å². The van der Waals surface area contributed by atoms with Crippen LogP contribution in [0.4, 0.5) is 5.69 Å². The number of carbonyl (C=O) groups excluding carboxylic acids is 1. The Hall–Kier alpha value is -2.11. The molecule has 0 saturated heterocycles. The number of carbonyl (C=O) groups is 1. The first-order valence-electron chi connectivity index (χ1n) is 5.19. The predicted molar refractivity (Wildman–Crippen MR) is 62.0 cm³/mol. The van der Waals surface area contributed by atoms with Crippen molar-refractivity contribution in [3.05, 3.63) is 33.9 Å². The molecule has 1 N–H and O–H groups in total. The van der Waals surface area contributed by atoms with Crippen molar-refractivity contribution in [2.75, 3.05) is 13.2 Å². The number of benzene rings is 1. The highest BCUT2D eigenvalue weighted by Gasteiger charge is 2.15. The van der Waals surface area contributed by atoms with E-state index in [0.29, 0.717) is 6.54 Å². The molecule has 1 aromatic carbocycles. The Labute approximate surface area is 98.7 Å². The molecule has 6 nitrogen and oxygen atoms in total. The zero-order valence-electron chi connectivity index (χ0n) is 9.73. The van der Waals surface area contributed by atoms with Crippen molar-refractivity contribution in [3.8, 4) is 5.75 Å². The van der Waals surface area contributed by atoms with Crippen LogP contribution in [-0.4, -0.2) is 24.0 Å². The zero-order chi connectivity index (χ0) is 12.8. The number of nitrogens with one attached hydrogen (secondary N) is 1. The monoisotopic (exact) mass is 238 g/mol. The summed E-state index contributed by atoms with van der Waals surface area (Å²) in [4.78, 5) is 21.4. The van der Waals surface area contributed by atoms with Crippen LogP contribution in [0.5, 0.6) is 5.75 Å². The Balaban J connectivity index is 2.77. The number of amides is 1. The summed E-state index contributed by atoms with van der Waals surface area (Å²) in [7, 11) is 0. The Kier molecular flexibility index (Phi) is 4.45. The minimum Gasteiger partial charge on any atom is -0.477 e. The predicted octanol–water partition coefficient (Wildman–Crippen LogP) is 1.42. The lowest BCUT2D eigenvalue weighted by Gasteiger charge is -2.07. The van der Waals surface area contributed by atoms with E-state index in [0.717, 1.165) is 5.56 Å². The number of rotatable bonds is 5. The van der Waals surface area contributed by atoms with Crippen molar-refractivity contribution in [1.82, 2.24) is 5.32 Å². The molecule has 1 aromatic rings. The molecule has 0 aliphatic heterocycles. The lowest BCUT2D eigenvalue weighted by atomic mass is 10.2. The van der Waals surface area contributed by atoms with Crippen LogP contribution in [0, 0.1) is 17.0 Å². The highest BCUT2D eigenvalue weighted by Crippen LogP contribution is 2.27. The normalized spacial score (nSPS) is 9.76. The number of nitrogens with zero attached hydrogens (tertiary/aromatic N) is 1. The second-order valence-electron chi connectivity index (χ2n) is 3.47. The summed E-state index contributed by atoms with van der Waals surface area (Å²) in [6.07, 6.45) is 0. The van der Waals surface area contributed by atoms with Crippen LogP contribution in [0.2, 0.25) is 0 Å². The molecule has 6 heteroatoms. The summed E-state index contributed by atoms with van der Waals surface area (Å²) >= 11 is 0. The largest absolute Gasteiger partial charge is 0.477 e. The van der Waals surface area contributed by atoms with Crippen molar-refractivity contribution in [1.29, 1.82) is 0 Å². The van der Waals surface area contributed by atoms with Gasteiger partial charge in [-0.2, -0.15) is 0 Å². The molecule has 1 amide bonds. The number of ether oxygens (including phenoxy) is 1. The van der Waals surface area contributed by atoms with Crippen LogP contribution in [0.25, 0.3) is 0 Å². The van der Waals surface area contributed by atoms with Gasteiger partial charge in [0.1, 0.15) is 0 Å². The second-order valence-corrected chi connectivity index (χ2v) is 3.47. The molecule has 0 saturated carbocycles. The topological polar surface area (TPSA) is 81.5 Å².